The molecule has 1 aromatic heterocycles. The molecular weight excluding hydrogens is 418 g/mol. The van der Waals surface area contributed by atoms with Gasteiger partial charge in [-0.05, 0) is 55.3 Å². The molecule has 7 nitrogen and oxygen atoms in total. The minimum Gasteiger partial charge on any atom is -0.493 e. The molecule has 0 spiro atoms. The quantitative estimate of drug-likeness (QED) is 0.448. The number of aromatic nitrogens is 2. The van der Waals surface area contributed by atoms with Crippen molar-refractivity contribution in [3.8, 4) is 17.2 Å². The van der Waals surface area contributed by atoms with Crippen molar-refractivity contribution in [2.24, 2.45) is 0 Å². The minimum absolute atomic E-state index is 0.292. The van der Waals surface area contributed by atoms with Crippen molar-refractivity contribution in [1.82, 2.24) is 14.7 Å². The van der Waals surface area contributed by atoms with Crippen LogP contribution in [0.15, 0.2) is 67.0 Å². The number of likely N-dealkylation sites (tertiary alicyclic amines) is 1. The zero-order valence-electron chi connectivity index (χ0n) is 19.2. The van der Waals surface area contributed by atoms with Crippen LogP contribution in [0.5, 0.6) is 17.2 Å². The van der Waals surface area contributed by atoms with E-state index in [-0.39, 0.29) is 0 Å². The van der Waals surface area contributed by atoms with Crippen molar-refractivity contribution in [2.75, 3.05) is 33.4 Å². The second-order valence-corrected chi connectivity index (χ2v) is 8.60. The molecule has 0 saturated carbocycles. The van der Waals surface area contributed by atoms with Gasteiger partial charge in [-0.3, -0.25) is 9.58 Å². The van der Waals surface area contributed by atoms with Crippen molar-refractivity contribution in [2.45, 2.75) is 38.0 Å². The lowest BCUT2D eigenvalue weighted by Crippen LogP contribution is -2.51. The summed E-state index contributed by atoms with van der Waals surface area (Å²) in [6.07, 6.45) is 6.26. The lowest BCUT2D eigenvalue weighted by molar-refractivity contribution is -0.0621. The average Bonchev–Trinajstić information content (AvgIpc) is 3.35. The third-order valence-corrected chi connectivity index (χ3v) is 5.87. The van der Waals surface area contributed by atoms with E-state index >= 15 is 0 Å². The smallest absolute Gasteiger partial charge is 0.161 e. The van der Waals surface area contributed by atoms with E-state index in [0.29, 0.717) is 19.8 Å². The third kappa shape index (κ3) is 6.73. The number of aliphatic hydroxyl groups is 1. The summed E-state index contributed by atoms with van der Waals surface area (Å²) in [6, 6.07) is 17.6. The largest absolute Gasteiger partial charge is 0.493 e. The van der Waals surface area contributed by atoms with Crippen molar-refractivity contribution in [3.63, 3.8) is 0 Å². The molecule has 3 aromatic rings. The first-order valence-corrected chi connectivity index (χ1v) is 11.5. The average molecular weight is 452 g/mol. The summed E-state index contributed by atoms with van der Waals surface area (Å²) >= 11 is 0. The minimum atomic E-state index is -0.855. The number of hydrogen-bond acceptors (Lipinski definition) is 6. The number of ether oxygens (including phenoxy) is 3. The van der Waals surface area contributed by atoms with Gasteiger partial charge in [0.25, 0.3) is 0 Å². The number of methoxy groups -OCH3 is 1. The van der Waals surface area contributed by atoms with Crippen LogP contribution in [0.3, 0.4) is 0 Å². The lowest BCUT2D eigenvalue weighted by atomic mass is 9.93. The van der Waals surface area contributed by atoms with E-state index in [0.717, 1.165) is 61.7 Å². The van der Waals surface area contributed by atoms with E-state index in [1.807, 2.05) is 59.4 Å². The Bertz CT molecular complexity index is 980. The maximum Gasteiger partial charge on any atom is 0.161 e. The summed E-state index contributed by atoms with van der Waals surface area (Å²) in [6.45, 7) is 3.94. The number of nitrogens with zero attached hydrogens (tertiary/aromatic N) is 3. The Morgan fingerprint density at radius 3 is 2.73 bits per heavy atom. The van der Waals surface area contributed by atoms with Crippen molar-refractivity contribution in [3.05, 3.63) is 72.6 Å². The zero-order valence-corrected chi connectivity index (χ0v) is 19.2. The van der Waals surface area contributed by atoms with Gasteiger partial charge in [0, 0.05) is 38.4 Å². The molecule has 2 aromatic carbocycles. The molecule has 2 heterocycles. The summed E-state index contributed by atoms with van der Waals surface area (Å²) < 4.78 is 19.3. The summed E-state index contributed by atoms with van der Waals surface area (Å²) in [5.74, 6) is 2.26. The van der Waals surface area contributed by atoms with E-state index in [2.05, 4.69) is 16.1 Å². The Morgan fingerprint density at radius 2 is 1.94 bits per heavy atom. The fourth-order valence-corrected chi connectivity index (χ4v) is 4.23. The number of aryl methyl sites for hydroxylation is 1. The van der Waals surface area contributed by atoms with Crippen LogP contribution in [-0.2, 0) is 13.1 Å². The van der Waals surface area contributed by atoms with Crippen LogP contribution < -0.4 is 14.2 Å². The molecule has 1 atom stereocenters. The first-order valence-electron chi connectivity index (χ1n) is 11.5. The SMILES string of the molecule is COc1ccc(CN2CCC[C@@](O)(COc3ccccc3)C2)cc1OCCCn1cccn1. The maximum absolute atomic E-state index is 11.1. The van der Waals surface area contributed by atoms with E-state index in [1.165, 1.54) is 0 Å². The van der Waals surface area contributed by atoms with Crippen LogP contribution in [-0.4, -0.2) is 58.8 Å². The molecule has 1 aliphatic rings. The van der Waals surface area contributed by atoms with E-state index in [1.54, 1.807) is 13.3 Å². The van der Waals surface area contributed by atoms with Gasteiger partial charge in [-0.2, -0.15) is 5.10 Å². The maximum atomic E-state index is 11.1. The van der Waals surface area contributed by atoms with Gasteiger partial charge in [-0.25, -0.2) is 0 Å². The normalized spacial score (nSPS) is 18.7. The van der Waals surface area contributed by atoms with Gasteiger partial charge in [0.05, 0.1) is 13.7 Å². The molecule has 176 valence electrons. The van der Waals surface area contributed by atoms with E-state index in [4.69, 9.17) is 14.2 Å². The van der Waals surface area contributed by atoms with Crippen LogP contribution in [0.1, 0.15) is 24.8 Å². The Hall–Kier alpha value is -3.03. The summed E-state index contributed by atoms with van der Waals surface area (Å²) in [7, 11) is 1.66. The zero-order chi connectivity index (χ0) is 22.9. The van der Waals surface area contributed by atoms with Gasteiger partial charge in [-0.15, -0.1) is 0 Å². The van der Waals surface area contributed by atoms with Gasteiger partial charge in [0.2, 0.25) is 0 Å². The summed E-state index contributed by atoms with van der Waals surface area (Å²) in [5.41, 5.74) is 0.276. The second kappa shape index (κ2) is 11.2. The molecule has 0 radical (unpaired) electrons. The monoisotopic (exact) mass is 451 g/mol. The Balaban J connectivity index is 1.31. The summed E-state index contributed by atoms with van der Waals surface area (Å²) in [4.78, 5) is 2.28. The van der Waals surface area contributed by atoms with Gasteiger partial charge in [0.1, 0.15) is 18.0 Å². The number of piperidine rings is 1. The molecule has 1 N–H and O–H groups in total. The fourth-order valence-electron chi connectivity index (χ4n) is 4.23. The van der Waals surface area contributed by atoms with Crippen molar-refractivity contribution in [1.29, 1.82) is 0 Å². The van der Waals surface area contributed by atoms with Gasteiger partial charge < -0.3 is 19.3 Å². The van der Waals surface area contributed by atoms with Gasteiger partial charge in [0.15, 0.2) is 11.5 Å². The first-order chi connectivity index (χ1) is 16.1. The second-order valence-electron chi connectivity index (χ2n) is 8.60. The predicted octanol–water partition coefficient (Wildman–Crippen LogP) is 3.77. The Labute approximate surface area is 195 Å². The van der Waals surface area contributed by atoms with Crippen LogP contribution in [0.4, 0.5) is 0 Å². The van der Waals surface area contributed by atoms with Crippen LogP contribution in [0.25, 0.3) is 0 Å². The molecule has 33 heavy (non-hydrogen) atoms. The third-order valence-electron chi connectivity index (χ3n) is 5.87. The van der Waals surface area contributed by atoms with Gasteiger partial charge >= 0.3 is 0 Å². The molecular formula is C26H33N3O4. The Morgan fingerprint density at radius 1 is 1.06 bits per heavy atom. The molecule has 0 unspecified atom stereocenters. The summed E-state index contributed by atoms with van der Waals surface area (Å²) in [5, 5.41) is 15.3. The molecule has 7 heteroatoms. The number of rotatable bonds is 11. The van der Waals surface area contributed by atoms with Crippen LogP contribution >= 0.6 is 0 Å². The molecule has 0 bridgehead atoms. The lowest BCUT2D eigenvalue weighted by Gasteiger charge is -2.39. The fraction of sp³-hybridized carbons (Fsp3) is 0.423. The number of hydrogen-bond donors (Lipinski definition) is 1. The standard InChI is InChI=1S/C26H33N3O4/c1-31-24-11-10-22(18-25(24)32-17-7-16-29-15-6-13-27-29)19-28-14-5-12-26(30,20-28)21-33-23-8-3-2-4-9-23/h2-4,6,8-11,13,15,18,30H,5,7,12,14,16-17,19-21H2,1H3/t26-/m0/s1. The number of para-hydroxylation sites is 1. The van der Waals surface area contributed by atoms with Crippen LogP contribution in [0.2, 0.25) is 0 Å². The van der Waals surface area contributed by atoms with Crippen molar-refractivity contribution < 1.29 is 19.3 Å². The highest BCUT2D eigenvalue weighted by Gasteiger charge is 2.34. The molecule has 1 fully saturated rings. The highest BCUT2D eigenvalue weighted by molar-refractivity contribution is 5.43. The molecule has 1 aliphatic heterocycles. The van der Waals surface area contributed by atoms with Crippen molar-refractivity contribution >= 4 is 0 Å². The number of β-amino-alcohol motifs (C(OH)–C–C–N with tert-alkyl or cyclic N) is 1. The highest BCUT2D eigenvalue weighted by Crippen LogP contribution is 2.30. The molecule has 4 rings (SSSR count). The molecule has 0 aliphatic carbocycles. The van der Waals surface area contributed by atoms with E-state index < -0.39 is 5.60 Å². The van der Waals surface area contributed by atoms with Gasteiger partial charge in [-0.1, -0.05) is 24.3 Å². The molecule has 1 saturated heterocycles. The Kier molecular flexibility index (Phi) is 7.86. The molecule has 0 amide bonds. The van der Waals surface area contributed by atoms with Crippen LogP contribution in [0, 0.1) is 0 Å². The topological polar surface area (TPSA) is 69.0 Å². The predicted molar refractivity (Wildman–Crippen MR) is 127 cm³/mol. The number of benzene rings is 2. The highest BCUT2D eigenvalue weighted by atomic mass is 16.5. The first kappa shape index (κ1) is 23.1. The van der Waals surface area contributed by atoms with E-state index in [9.17, 15) is 5.11 Å².